The zero-order valence-corrected chi connectivity index (χ0v) is 20.6. The lowest BCUT2D eigenvalue weighted by molar-refractivity contribution is 0.0949. The van der Waals surface area contributed by atoms with Crippen LogP contribution >= 0.6 is 11.6 Å². The van der Waals surface area contributed by atoms with Gasteiger partial charge in [0, 0.05) is 18.1 Å². The van der Waals surface area contributed by atoms with E-state index in [4.69, 9.17) is 30.5 Å². The normalized spacial score (nSPS) is 15.9. The van der Waals surface area contributed by atoms with Crippen LogP contribution in [0.2, 0.25) is 5.02 Å². The Morgan fingerprint density at radius 2 is 1.83 bits per heavy atom. The van der Waals surface area contributed by atoms with Gasteiger partial charge in [-0.3, -0.25) is 9.69 Å². The molecule has 0 N–H and O–H groups in total. The summed E-state index contributed by atoms with van der Waals surface area (Å²) in [6.45, 7) is 3.80. The van der Waals surface area contributed by atoms with Gasteiger partial charge in [0.2, 0.25) is 5.78 Å². The fourth-order valence-electron chi connectivity index (χ4n) is 4.45. The van der Waals surface area contributed by atoms with E-state index < -0.39 is 0 Å². The van der Waals surface area contributed by atoms with Crippen LogP contribution in [0.4, 0.5) is 0 Å². The van der Waals surface area contributed by atoms with Crippen molar-refractivity contribution in [1.29, 1.82) is 0 Å². The largest absolute Gasteiger partial charge is 0.493 e. The Kier molecular flexibility index (Phi) is 6.41. The first-order chi connectivity index (χ1) is 17.0. The number of carbonyl (C=O) groups is 1. The van der Waals surface area contributed by atoms with Crippen LogP contribution in [0.25, 0.3) is 6.08 Å². The van der Waals surface area contributed by atoms with E-state index in [-0.39, 0.29) is 5.78 Å². The van der Waals surface area contributed by atoms with Gasteiger partial charge in [-0.05, 0) is 66.4 Å². The number of rotatable bonds is 6. The number of hydrogen-bond donors (Lipinski definition) is 0. The van der Waals surface area contributed by atoms with Gasteiger partial charge in [0.25, 0.3) is 0 Å². The van der Waals surface area contributed by atoms with E-state index in [0.717, 1.165) is 41.0 Å². The van der Waals surface area contributed by atoms with Crippen LogP contribution in [0, 0.1) is 6.92 Å². The van der Waals surface area contributed by atoms with Crippen molar-refractivity contribution in [2.45, 2.75) is 19.9 Å². The number of ketones is 1. The van der Waals surface area contributed by atoms with Crippen molar-refractivity contribution in [1.82, 2.24) is 4.90 Å². The van der Waals surface area contributed by atoms with E-state index in [1.807, 2.05) is 43.3 Å². The molecule has 0 saturated carbocycles. The van der Waals surface area contributed by atoms with Crippen LogP contribution in [0.1, 0.15) is 32.6 Å². The highest BCUT2D eigenvalue weighted by atomic mass is 35.5. The van der Waals surface area contributed by atoms with Crippen LogP contribution in [0.15, 0.2) is 54.3 Å². The number of fused-ring (bicyclic) bond motifs is 3. The highest BCUT2D eigenvalue weighted by Crippen LogP contribution is 2.44. The molecule has 0 bridgehead atoms. The molecule has 35 heavy (non-hydrogen) atoms. The lowest BCUT2D eigenvalue weighted by atomic mass is 9.98. The van der Waals surface area contributed by atoms with E-state index >= 15 is 0 Å². The molecule has 0 fully saturated rings. The minimum atomic E-state index is -0.113. The summed E-state index contributed by atoms with van der Waals surface area (Å²) in [5, 5.41) is 0.643. The van der Waals surface area contributed by atoms with Gasteiger partial charge in [0.05, 0.1) is 25.3 Å². The number of nitrogens with zero attached hydrogens (tertiary/aromatic N) is 1. The summed E-state index contributed by atoms with van der Waals surface area (Å²) in [6.07, 6.45) is 2.57. The molecule has 3 aromatic rings. The maximum atomic E-state index is 13.2. The molecule has 0 aliphatic carbocycles. The second kappa shape index (κ2) is 9.64. The van der Waals surface area contributed by atoms with Gasteiger partial charge in [-0.25, -0.2) is 0 Å². The van der Waals surface area contributed by atoms with Crippen LogP contribution in [-0.2, 0) is 13.0 Å². The van der Waals surface area contributed by atoms with Crippen molar-refractivity contribution in [3.05, 3.63) is 87.1 Å². The maximum absolute atomic E-state index is 13.2. The summed E-state index contributed by atoms with van der Waals surface area (Å²) in [7, 11) is 3.26. The molecule has 2 aliphatic rings. The number of carbonyl (C=O) groups excluding carboxylic acids is 1. The molecule has 0 atom stereocenters. The molecule has 2 heterocycles. The number of hydrogen-bond acceptors (Lipinski definition) is 6. The number of ether oxygens (including phenoxy) is 4. The molecule has 3 aromatic carbocycles. The first kappa shape index (κ1) is 23.3. The average molecular weight is 492 g/mol. The lowest BCUT2D eigenvalue weighted by Crippen LogP contribution is -2.34. The third-order valence-electron chi connectivity index (χ3n) is 6.32. The van der Waals surface area contributed by atoms with E-state index in [0.29, 0.717) is 46.9 Å². The van der Waals surface area contributed by atoms with Gasteiger partial charge in [-0.2, -0.15) is 0 Å². The Morgan fingerprint density at radius 1 is 1.06 bits per heavy atom. The number of allylic oxidation sites excluding steroid dienone is 1. The van der Waals surface area contributed by atoms with Gasteiger partial charge < -0.3 is 18.9 Å². The molecule has 2 aliphatic heterocycles. The van der Waals surface area contributed by atoms with Gasteiger partial charge in [0.15, 0.2) is 17.3 Å². The van der Waals surface area contributed by atoms with Crippen molar-refractivity contribution in [2.24, 2.45) is 0 Å². The lowest BCUT2D eigenvalue weighted by Gasteiger charge is -2.30. The summed E-state index contributed by atoms with van der Waals surface area (Å²) in [6, 6.07) is 15.2. The Bertz CT molecular complexity index is 1320. The third-order valence-corrected chi connectivity index (χ3v) is 6.57. The molecule has 7 heteroatoms. The van der Waals surface area contributed by atoms with E-state index in [9.17, 15) is 4.79 Å². The monoisotopic (exact) mass is 491 g/mol. The van der Waals surface area contributed by atoms with Crippen LogP contribution in [0.3, 0.4) is 0 Å². The zero-order chi connectivity index (χ0) is 24.5. The average Bonchev–Trinajstić information content (AvgIpc) is 3.20. The molecule has 6 nitrogen and oxygen atoms in total. The number of Topliss-reactive ketones (excluding diaryl/α,β-unsaturated/α-hetero) is 1. The molecule has 0 amide bonds. The maximum Gasteiger partial charge on any atom is 0.232 e. The van der Waals surface area contributed by atoms with Gasteiger partial charge in [-0.15, -0.1) is 0 Å². The second-order valence-electron chi connectivity index (χ2n) is 8.63. The molecule has 0 aromatic heterocycles. The minimum absolute atomic E-state index is 0.113. The SMILES string of the molecule is COc1ccc(CCN2COc3cc(C)c4c(c3C2)O/C(=C/c2ccc(Cl)cc2)C4=O)cc1OC. The molecule has 5 rings (SSSR count). The number of aryl methyl sites for hydroxylation is 1. The second-order valence-corrected chi connectivity index (χ2v) is 9.07. The fraction of sp³-hybridized carbons (Fsp3) is 0.250. The fourth-order valence-corrected chi connectivity index (χ4v) is 4.58. The standard InChI is InChI=1S/C28H26ClNO5/c1-17-12-23-21(28-26(17)27(31)25(35-28)14-18-4-7-20(29)8-5-18)15-30(16-34-23)11-10-19-6-9-22(32-2)24(13-19)33-3/h4-9,12-14H,10-11,15-16H2,1-3H3/b25-14+. The summed E-state index contributed by atoms with van der Waals surface area (Å²) < 4.78 is 23.0. The molecule has 0 radical (unpaired) electrons. The number of halogens is 1. The zero-order valence-electron chi connectivity index (χ0n) is 19.9. The van der Waals surface area contributed by atoms with Gasteiger partial charge in [-0.1, -0.05) is 29.8 Å². The van der Waals surface area contributed by atoms with Crippen molar-refractivity contribution in [3.63, 3.8) is 0 Å². The number of methoxy groups -OCH3 is 2. The molecule has 0 unspecified atom stereocenters. The topological polar surface area (TPSA) is 57.2 Å². The molecule has 0 spiro atoms. The first-order valence-corrected chi connectivity index (χ1v) is 11.8. The quantitative estimate of drug-likeness (QED) is 0.414. The molecule has 180 valence electrons. The van der Waals surface area contributed by atoms with Crippen molar-refractivity contribution < 1.29 is 23.7 Å². The predicted octanol–water partition coefficient (Wildman–Crippen LogP) is 5.68. The third kappa shape index (κ3) is 4.59. The Hall–Kier alpha value is -3.48. The molecular weight excluding hydrogens is 466 g/mol. The summed E-state index contributed by atoms with van der Waals surface area (Å²) in [5.74, 6) is 2.98. The minimum Gasteiger partial charge on any atom is -0.493 e. The van der Waals surface area contributed by atoms with E-state index in [2.05, 4.69) is 4.90 Å². The first-order valence-electron chi connectivity index (χ1n) is 11.4. The van der Waals surface area contributed by atoms with Crippen molar-refractivity contribution in [2.75, 3.05) is 27.5 Å². The van der Waals surface area contributed by atoms with Gasteiger partial charge >= 0.3 is 0 Å². The van der Waals surface area contributed by atoms with Crippen molar-refractivity contribution >= 4 is 23.5 Å². The van der Waals surface area contributed by atoms with Crippen LogP contribution in [-0.4, -0.2) is 38.2 Å². The Balaban J connectivity index is 1.36. The molecular formula is C28H26ClNO5. The van der Waals surface area contributed by atoms with E-state index in [1.54, 1.807) is 32.4 Å². The van der Waals surface area contributed by atoms with E-state index in [1.165, 1.54) is 0 Å². The van der Waals surface area contributed by atoms with Crippen LogP contribution in [0.5, 0.6) is 23.0 Å². The smallest absolute Gasteiger partial charge is 0.232 e. The summed E-state index contributed by atoms with van der Waals surface area (Å²) in [5.41, 5.74) is 4.35. The van der Waals surface area contributed by atoms with Crippen LogP contribution < -0.4 is 18.9 Å². The predicted molar refractivity (Wildman–Crippen MR) is 135 cm³/mol. The molecule has 0 saturated heterocycles. The Morgan fingerprint density at radius 3 is 2.57 bits per heavy atom. The Labute approximate surface area is 209 Å². The van der Waals surface area contributed by atoms with Gasteiger partial charge in [0.1, 0.15) is 18.2 Å². The highest BCUT2D eigenvalue weighted by molar-refractivity contribution is 6.30. The summed E-state index contributed by atoms with van der Waals surface area (Å²) >= 11 is 5.99. The summed E-state index contributed by atoms with van der Waals surface area (Å²) in [4.78, 5) is 15.4. The highest BCUT2D eigenvalue weighted by Gasteiger charge is 2.35. The number of benzene rings is 3. The van der Waals surface area contributed by atoms with Crippen molar-refractivity contribution in [3.8, 4) is 23.0 Å².